The Morgan fingerprint density at radius 3 is 2.59 bits per heavy atom. The van der Waals surface area contributed by atoms with Crippen molar-refractivity contribution in [2.45, 2.75) is 18.4 Å². The van der Waals surface area contributed by atoms with Gasteiger partial charge in [0, 0.05) is 6.07 Å². The number of benzene rings is 2. The molecular weight excluding hydrogens is 393 g/mol. The van der Waals surface area contributed by atoms with Crippen LogP contribution in [0.15, 0.2) is 58.2 Å². The van der Waals surface area contributed by atoms with Gasteiger partial charge in [-0.3, -0.25) is 4.79 Å². The summed E-state index contributed by atoms with van der Waals surface area (Å²) in [5.41, 5.74) is 0.971. The number of halogens is 2. The van der Waals surface area contributed by atoms with E-state index in [0.29, 0.717) is 22.6 Å². The van der Waals surface area contributed by atoms with Gasteiger partial charge in [0.05, 0.1) is 22.2 Å². The second kappa shape index (κ2) is 7.59. The van der Waals surface area contributed by atoms with E-state index in [1.54, 1.807) is 25.1 Å². The molecule has 0 atom stereocenters. The lowest BCUT2D eigenvalue weighted by Crippen LogP contribution is -2.25. The molecule has 0 unspecified atom stereocenters. The highest BCUT2D eigenvalue weighted by molar-refractivity contribution is 7.89. The molecule has 1 heterocycles. The van der Waals surface area contributed by atoms with Gasteiger partial charge >= 0.3 is 0 Å². The highest BCUT2D eigenvalue weighted by Gasteiger charge is 2.15. The Hall–Kier alpha value is -2.55. The van der Waals surface area contributed by atoms with E-state index < -0.39 is 15.8 Å². The van der Waals surface area contributed by atoms with Crippen molar-refractivity contribution in [2.24, 2.45) is 0 Å². The number of aromatic amines is 1. The smallest absolute Gasteiger partial charge is 0.251 e. The third-order valence-corrected chi connectivity index (χ3v) is 5.46. The van der Waals surface area contributed by atoms with Crippen molar-refractivity contribution in [3.05, 3.63) is 81.2 Å². The van der Waals surface area contributed by atoms with Crippen LogP contribution in [0.5, 0.6) is 0 Å². The van der Waals surface area contributed by atoms with Gasteiger partial charge in [0.15, 0.2) is 0 Å². The van der Waals surface area contributed by atoms with Crippen molar-refractivity contribution in [3.8, 4) is 11.1 Å². The summed E-state index contributed by atoms with van der Waals surface area (Å²) in [6, 6.07) is 11.6. The lowest BCUT2D eigenvalue weighted by Gasteiger charge is -2.09. The number of hydrogen-bond donors (Lipinski definition) is 2. The van der Waals surface area contributed by atoms with Gasteiger partial charge in [0.2, 0.25) is 10.0 Å². The Bertz CT molecular complexity index is 1160. The summed E-state index contributed by atoms with van der Waals surface area (Å²) in [6.07, 6.45) is 0. The summed E-state index contributed by atoms with van der Waals surface area (Å²) in [6.45, 7) is 1.47. The van der Waals surface area contributed by atoms with Crippen LogP contribution in [0.25, 0.3) is 11.1 Å². The first kappa shape index (κ1) is 19.2. The first-order chi connectivity index (χ1) is 12.7. The van der Waals surface area contributed by atoms with Crippen LogP contribution in [0.1, 0.15) is 11.5 Å². The maximum atomic E-state index is 13.7. The van der Waals surface area contributed by atoms with Crippen LogP contribution in [0, 0.1) is 12.7 Å². The lowest BCUT2D eigenvalue weighted by molar-refractivity contribution is 0.580. The number of aryl methyl sites for hydroxylation is 1. The van der Waals surface area contributed by atoms with Gasteiger partial charge in [-0.25, -0.2) is 22.5 Å². The van der Waals surface area contributed by atoms with Crippen LogP contribution in [-0.2, 0) is 16.6 Å². The zero-order valence-electron chi connectivity index (χ0n) is 14.2. The standard InChI is InChI=1S/C18H15ClFN3O3S/c1-11-22-14(9-18(24)23-11)10-21-27(25,26)15-4-2-3-12(7-15)13-5-6-16(19)17(20)8-13/h2-9,21H,10H2,1H3,(H,22,23,24). The first-order valence-corrected chi connectivity index (χ1v) is 9.73. The molecule has 1 aromatic heterocycles. The molecule has 27 heavy (non-hydrogen) atoms. The average Bonchev–Trinajstić information content (AvgIpc) is 2.62. The van der Waals surface area contributed by atoms with Gasteiger partial charge in [-0.2, -0.15) is 0 Å². The van der Waals surface area contributed by atoms with Crippen molar-refractivity contribution < 1.29 is 12.8 Å². The number of hydrogen-bond acceptors (Lipinski definition) is 4. The third kappa shape index (κ3) is 4.60. The second-order valence-corrected chi connectivity index (χ2v) is 7.98. The largest absolute Gasteiger partial charge is 0.311 e. The fourth-order valence-electron chi connectivity index (χ4n) is 2.50. The number of H-pyrrole nitrogens is 1. The molecule has 0 saturated carbocycles. The molecule has 3 rings (SSSR count). The summed E-state index contributed by atoms with van der Waals surface area (Å²) in [7, 11) is -3.86. The van der Waals surface area contributed by atoms with Gasteiger partial charge in [-0.15, -0.1) is 0 Å². The number of nitrogens with one attached hydrogen (secondary N) is 2. The topological polar surface area (TPSA) is 91.9 Å². The van der Waals surface area contributed by atoms with Crippen molar-refractivity contribution in [3.63, 3.8) is 0 Å². The normalized spacial score (nSPS) is 11.5. The van der Waals surface area contributed by atoms with E-state index in [1.807, 2.05) is 0 Å². The molecule has 0 radical (unpaired) electrons. The van der Waals surface area contributed by atoms with Crippen LogP contribution in [-0.4, -0.2) is 18.4 Å². The molecule has 0 aliphatic carbocycles. The fraction of sp³-hybridized carbons (Fsp3) is 0.111. The highest BCUT2D eigenvalue weighted by atomic mass is 35.5. The molecule has 9 heteroatoms. The van der Waals surface area contributed by atoms with Crippen molar-refractivity contribution >= 4 is 21.6 Å². The van der Waals surface area contributed by atoms with E-state index in [1.165, 1.54) is 30.3 Å². The minimum absolute atomic E-state index is 0.00941. The Kier molecular flexibility index (Phi) is 5.41. The molecule has 0 aliphatic heterocycles. The van der Waals surface area contributed by atoms with Crippen molar-refractivity contribution in [2.75, 3.05) is 0 Å². The van der Waals surface area contributed by atoms with Gasteiger partial charge in [-0.05, 0) is 42.3 Å². The maximum absolute atomic E-state index is 13.7. The van der Waals surface area contributed by atoms with Crippen molar-refractivity contribution in [1.29, 1.82) is 0 Å². The fourth-order valence-corrected chi connectivity index (χ4v) is 3.66. The molecular formula is C18H15ClFN3O3S. The van der Waals surface area contributed by atoms with Gasteiger partial charge in [0.25, 0.3) is 5.56 Å². The molecule has 0 aliphatic rings. The summed E-state index contributed by atoms with van der Waals surface area (Å²) >= 11 is 5.68. The minimum atomic E-state index is -3.86. The van der Waals surface area contributed by atoms with E-state index in [0.717, 1.165) is 0 Å². The summed E-state index contributed by atoms with van der Waals surface area (Å²) in [5, 5.41) is -0.00941. The molecule has 3 aromatic rings. The first-order valence-electron chi connectivity index (χ1n) is 7.86. The molecule has 0 bridgehead atoms. The zero-order chi connectivity index (χ0) is 19.6. The molecule has 6 nitrogen and oxygen atoms in total. The van der Waals surface area contributed by atoms with E-state index in [9.17, 15) is 17.6 Å². The Morgan fingerprint density at radius 2 is 1.89 bits per heavy atom. The predicted molar refractivity (Wildman–Crippen MR) is 100 cm³/mol. The van der Waals surface area contributed by atoms with E-state index in [2.05, 4.69) is 14.7 Å². The lowest BCUT2D eigenvalue weighted by atomic mass is 10.1. The SMILES string of the molecule is Cc1nc(CNS(=O)(=O)c2cccc(-c3ccc(Cl)c(F)c3)c2)cc(=O)[nH]1. The molecule has 0 amide bonds. The van der Waals surface area contributed by atoms with Gasteiger partial charge < -0.3 is 4.98 Å². The quantitative estimate of drug-likeness (QED) is 0.680. The van der Waals surface area contributed by atoms with Gasteiger partial charge in [0.1, 0.15) is 11.6 Å². The van der Waals surface area contributed by atoms with Crippen LogP contribution < -0.4 is 10.3 Å². The van der Waals surface area contributed by atoms with E-state index in [-0.39, 0.29) is 22.0 Å². The Balaban J connectivity index is 1.86. The average molecular weight is 408 g/mol. The highest BCUT2D eigenvalue weighted by Crippen LogP contribution is 2.26. The molecule has 2 N–H and O–H groups in total. The number of aromatic nitrogens is 2. The third-order valence-electron chi connectivity index (χ3n) is 3.75. The van der Waals surface area contributed by atoms with Crippen molar-refractivity contribution in [1.82, 2.24) is 14.7 Å². The minimum Gasteiger partial charge on any atom is -0.311 e. The summed E-state index contributed by atoms with van der Waals surface area (Å²) in [4.78, 5) is 18.0. The van der Waals surface area contributed by atoms with Crippen LogP contribution in [0.2, 0.25) is 5.02 Å². The summed E-state index contributed by atoms with van der Waals surface area (Å²) < 4.78 is 41.2. The van der Waals surface area contributed by atoms with E-state index >= 15 is 0 Å². The second-order valence-electron chi connectivity index (χ2n) is 5.80. The molecule has 0 spiro atoms. The van der Waals surface area contributed by atoms with Gasteiger partial charge in [-0.1, -0.05) is 29.8 Å². The maximum Gasteiger partial charge on any atom is 0.251 e. The van der Waals surface area contributed by atoms with E-state index in [4.69, 9.17) is 11.6 Å². The van der Waals surface area contributed by atoms with Crippen LogP contribution >= 0.6 is 11.6 Å². The number of nitrogens with zero attached hydrogens (tertiary/aromatic N) is 1. The van der Waals surface area contributed by atoms with Crippen LogP contribution in [0.4, 0.5) is 4.39 Å². The molecule has 0 fully saturated rings. The zero-order valence-corrected chi connectivity index (χ0v) is 15.7. The Morgan fingerprint density at radius 1 is 1.15 bits per heavy atom. The summed E-state index contributed by atoms with van der Waals surface area (Å²) in [5.74, 6) is -0.195. The Labute approximate surface area is 160 Å². The molecule has 140 valence electrons. The number of rotatable bonds is 5. The molecule has 0 saturated heterocycles. The number of sulfonamides is 1. The monoisotopic (exact) mass is 407 g/mol. The van der Waals surface area contributed by atoms with Crippen LogP contribution in [0.3, 0.4) is 0 Å². The molecule has 2 aromatic carbocycles. The predicted octanol–water partition coefficient (Wildman–Crippen LogP) is 3.02.